The lowest BCUT2D eigenvalue weighted by Gasteiger charge is -2.02. The van der Waals surface area contributed by atoms with Crippen LogP contribution in [0.1, 0.15) is 11.4 Å². The van der Waals surface area contributed by atoms with E-state index in [4.69, 9.17) is 5.73 Å². The summed E-state index contributed by atoms with van der Waals surface area (Å²) in [5, 5.41) is 4.11. The predicted molar refractivity (Wildman–Crippen MR) is 70.5 cm³/mol. The molecule has 0 fully saturated rings. The Morgan fingerprint density at radius 1 is 1.42 bits per heavy atom. The Labute approximate surface area is 112 Å². The first kappa shape index (κ1) is 13.8. The van der Waals surface area contributed by atoms with E-state index in [0.29, 0.717) is 12.2 Å². The smallest absolute Gasteiger partial charge is 0.242 e. The molecule has 0 bridgehead atoms. The van der Waals surface area contributed by atoms with Crippen molar-refractivity contribution < 1.29 is 8.42 Å². The molecule has 2 heterocycles. The zero-order valence-corrected chi connectivity index (χ0v) is 11.7. The lowest BCUT2D eigenvalue weighted by Crippen LogP contribution is -2.23. The molecule has 0 saturated heterocycles. The second kappa shape index (κ2) is 5.16. The number of sulfonamides is 1. The molecule has 0 unspecified atom stereocenters. The molecule has 0 spiro atoms. The van der Waals surface area contributed by atoms with Crippen LogP contribution in [0, 0.1) is 0 Å². The summed E-state index contributed by atoms with van der Waals surface area (Å²) in [6, 6.07) is 3.33. The van der Waals surface area contributed by atoms with Gasteiger partial charge < -0.3 is 10.3 Å². The Kier molecular flexibility index (Phi) is 3.74. The molecule has 8 heteroatoms. The highest BCUT2D eigenvalue weighted by atomic mass is 32.2. The fourth-order valence-corrected chi connectivity index (χ4v) is 2.83. The van der Waals surface area contributed by atoms with E-state index < -0.39 is 10.0 Å². The highest BCUT2D eigenvalue weighted by Gasteiger charge is 2.17. The standard InChI is InChI=1S/C11H17N5O2S/c1-15-8-11(5-10(15)6-12)19(17,18)13-7-9-3-4-16(2)14-9/h3-5,8,13H,6-7,12H2,1-2H3. The molecule has 0 aromatic carbocycles. The molecule has 0 amide bonds. The average molecular weight is 283 g/mol. The largest absolute Gasteiger partial charge is 0.352 e. The van der Waals surface area contributed by atoms with E-state index in [1.54, 1.807) is 47.9 Å². The number of hydrogen-bond donors (Lipinski definition) is 2. The third-order valence-corrected chi connectivity index (χ3v) is 4.18. The van der Waals surface area contributed by atoms with Crippen LogP contribution in [0.5, 0.6) is 0 Å². The molecule has 104 valence electrons. The van der Waals surface area contributed by atoms with Crippen LogP contribution in [0.4, 0.5) is 0 Å². The van der Waals surface area contributed by atoms with Crippen LogP contribution in [0.15, 0.2) is 29.4 Å². The number of nitrogens with one attached hydrogen (secondary N) is 1. The van der Waals surface area contributed by atoms with Crippen molar-refractivity contribution in [2.45, 2.75) is 18.0 Å². The van der Waals surface area contributed by atoms with E-state index >= 15 is 0 Å². The van der Waals surface area contributed by atoms with Gasteiger partial charge in [-0.15, -0.1) is 0 Å². The highest BCUT2D eigenvalue weighted by Crippen LogP contribution is 2.13. The maximum Gasteiger partial charge on any atom is 0.242 e. The maximum atomic E-state index is 12.1. The van der Waals surface area contributed by atoms with Gasteiger partial charge in [0.25, 0.3) is 0 Å². The molecule has 2 aromatic rings. The summed E-state index contributed by atoms with van der Waals surface area (Å²) < 4.78 is 30.0. The fraction of sp³-hybridized carbons (Fsp3) is 0.364. The first-order chi connectivity index (χ1) is 8.92. The molecular formula is C11H17N5O2S. The number of rotatable bonds is 5. The Morgan fingerprint density at radius 2 is 2.16 bits per heavy atom. The SMILES string of the molecule is Cn1ccc(CNS(=O)(=O)c2cc(CN)n(C)c2)n1. The first-order valence-corrected chi connectivity index (χ1v) is 7.24. The van der Waals surface area contributed by atoms with Gasteiger partial charge in [-0.2, -0.15) is 5.10 Å². The molecule has 0 saturated carbocycles. The molecule has 0 aliphatic carbocycles. The fourth-order valence-electron chi connectivity index (χ4n) is 1.74. The van der Waals surface area contributed by atoms with E-state index in [9.17, 15) is 8.42 Å². The van der Waals surface area contributed by atoms with Crippen molar-refractivity contribution in [3.63, 3.8) is 0 Å². The number of hydrogen-bond acceptors (Lipinski definition) is 4. The van der Waals surface area contributed by atoms with Crippen LogP contribution in [0.3, 0.4) is 0 Å². The van der Waals surface area contributed by atoms with Crippen molar-refractivity contribution >= 4 is 10.0 Å². The van der Waals surface area contributed by atoms with Gasteiger partial charge in [-0.1, -0.05) is 0 Å². The molecule has 3 N–H and O–H groups in total. The van der Waals surface area contributed by atoms with Crippen molar-refractivity contribution in [2.24, 2.45) is 19.8 Å². The molecular weight excluding hydrogens is 266 g/mol. The van der Waals surface area contributed by atoms with Crippen molar-refractivity contribution in [1.82, 2.24) is 19.1 Å². The van der Waals surface area contributed by atoms with Crippen LogP contribution in [0.25, 0.3) is 0 Å². The Balaban J connectivity index is 2.13. The van der Waals surface area contributed by atoms with Gasteiger partial charge in [0.05, 0.1) is 17.1 Å². The Hall–Kier alpha value is -1.64. The van der Waals surface area contributed by atoms with E-state index in [2.05, 4.69) is 9.82 Å². The van der Waals surface area contributed by atoms with E-state index in [-0.39, 0.29) is 11.4 Å². The van der Waals surface area contributed by atoms with Gasteiger partial charge in [-0.25, -0.2) is 13.1 Å². The summed E-state index contributed by atoms with van der Waals surface area (Å²) in [6.45, 7) is 0.461. The summed E-state index contributed by atoms with van der Waals surface area (Å²) >= 11 is 0. The van der Waals surface area contributed by atoms with Crippen LogP contribution >= 0.6 is 0 Å². The zero-order chi connectivity index (χ0) is 14.0. The zero-order valence-electron chi connectivity index (χ0n) is 10.9. The lowest BCUT2D eigenvalue weighted by molar-refractivity contribution is 0.579. The number of aryl methyl sites for hydroxylation is 2. The van der Waals surface area contributed by atoms with Crippen molar-refractivity contribution in [3.05, 3.63) is 35.9 Å². The van der Waals surface area contributed by atoms with Gasteiger partial charge in [0.2, 0.25) is 10.0 Å². The van der Waals surface area contributed by atoms with Crippen LogP contribution in [-0.2, 0) is 37.2 Å². The monoisotopic (exact) mass is 283 g/mol. The summed E-state index contributed by atoms with van der Waals surface area (Å²) in [5.74, 6) is 0. The quantitative estimate of drug-likeness (QED) is 0.787. The van der Waals surface area contributed by atoms with E-state index in [1.165, 1.54) is 0 Å². The van der Waals surface area contributed by atoms with Gasteiger partial charge in [0, 0.05) is 38.7 Å². The number of nitrogens with zero attached hydrogens (tertiary/aromatic N) is 3. The molecule has 2 aromatic heterocycles. The minimum absolute atomic E-state index is 0.163. The molecule has 19 heavy (non-hydrogen) atoms. The van der Waals surface area contributed by atoms with E-state index in [1.807, 2.05) is 0 Å². The topological polar surface area (TPSA) is 94.9 Å². The predicted octanol–water partition coefficient (Wildman–Crippen LogP) is -0.304. The van der Waals surface area contributed by atoms with Crippen molar-refractivity contribution in [1.29, 1.82) is 0 Å². The highest BCUT2D eigenvalue weighted by molar-refractivity contribution is 7.89. The molecule has 0 radical (unpaired) electrons. The summed E-state index contributed by atoms with van der Waals surface area (Å²) in [7, 11) is 0.00771. The second-order valence-corrected chi connectivity index (χ2v) is 6.05. The van der Waals surface area contributed by atoms with Gasteiger partial charge >= 0.3 is 0 Å². The van der Waals surface area contributed by atoms with Crippen LogP contribution in [-0.4, -0.2) is 22.8 Å². The first-order valence-electron chi connectivity index (χ1n) is 5.76. The van der Waals surface area contributed by atoms with Gasteiger partial charge in [0.1, 0.15) is 0 Å². The van der Waals surface area contributed by atoms with Gasteiger partial charge in [-0.3, -0.25) is 4.68 Å². The van der Waals surface area contributed by atoms with Crippen LogP contribution < -0.4 is 10.5 Å². The third-order valence-electron chi connectivity index (χ3n) is 2.81. The van der Waals surface area contributed by atoms with E-state index in [0.717, 1.165) is 5.69 Å². The average Bonchev–Trinajstić information content (AvgIpc) is 2.93. The Bertz CT molecular complexity index is 671. The molecule has 0 aliphatic heterocycles. The number of aromatic nitrogens is 3. The molecule has 2 rings (SSSR count). The molecule has 0 aliphatic rings. The summed E-state index contributed by atoms with van der Waals surface area (Å²) in [4.78, 5) is 0.214. The molecule has 7 nitrogen and oxygen atoms in total. The van der Waals surface area contributed by atoms with Gasteiger partial charge in [-0.05, 0) is 12.1 Å². The van der Waals surface area contributed by atoms with Crippen molar-refractivity contribution in [2.75, 3.05) is 0 Å². The second-order valence-electron chi connectivity index (χ2n) is 4.29. The number of nitrogens with two attached hydrogens (primary N) is 1. The third kappa shape index (κ3) is 3.03. The molecule has 0 atom stereocenters. The Morgan fingerprint density at radius 3 is 2.68 bits per heavy atom. The van der Waals surface area contributed by atoms with Gasteiger partial charge in [0.15, 0.2) is 0 Å². The summed E-state index contributed by atoms with van der Waals surface area (Å²) in [6.07, 6.45) is 3.31. The maximum absolute atomic E-state index is 12.1. The van der Waals surface area contributed by atoms with Crippen LogP contribution in [0.2, 0.25) is 0 Å². The minimum atomic E-state index is -3.54. The minimum Gasteiger partial charge on any atom is -0.352 e. The van der Waals surface area contributed by atoms with Crippen molar-refractivity contribution in [3.8, 4) is 0 Å². The summed E-state index contributed by atoms with van der Waals surface area (Å²) in [5.41, 5.74) is 6.96. The normalized spacial score (nSPS) is 11.9. The lowest BCUT2D eigenvalue weighted by atomic mass is 10.4.